The summed E-state index contributed by atoms with van der Waals surface area (Å²) in [4.78, 5) is 16.5. The molecule has 124 valence electrons. The highest BCUT2D eigenvalue weighted by atomic mass is 79.9. The van der Waals surface area contributed by atoms with E-state index in [1.165, 1.54) is 11.3 Å². The van der Waals surface area contributed by atoms with Crippen molar-refractivity contribution >= 4 is 60.1 Å². The van der Waals surface area contributed by atoms with Gasteiger partial charge in [0.25, 0.3) is 5.91 Å². The fraction of sp³-hybridized carbons (Fsp3) is 0.176. The fourth-order valence-electron chi connectivity index (χ4n) is 2.23. The molecule has 0 aliphatic heterocycles. The van der Waals surface area contributed by atoms with Crippen LogP contribution in [0.25, 0.3) is 10.2 Å². The summed E-state index contributed by atoms with van der Waals surface area (Å²) in [5.74, 6) is 0.333. The van der Waals surface area contributed by atoms with Crippen molar-refractivity contribution in [3.8, 4) is 5.75 Å². The largest absolute Gasteiger partial charge is 0.483 e. The maximum Gasteiger partial charge on any atom is 0.264 e. The number of para-hydroxylation sites is 1. The molecule has 0 atom stereocenters. The molecular formula is C17H14BrClN2O2S. The van der Waals surface area contributed by atoms with Crippen LogP contribution in [0.1, 0.15) is 11.1 Å². The molecule has 1 heterocycles. The number of aromatic nitrogens is 1. The summed E-state index contributed by atoms with van der Waals surface area (Å²) in [6, 6.07) is 9.55. The number of amides is 1. The van der Waals surface area contributed by atoms with Crippen LogP contribution in [-0.4, -0.2) is 17.5 Å². The van der Waals surface area contributed by atoms with Crippen molar-refractivity contribution in [2.75, 3.05) is 11.9 Å². The first-order valence-corrected chi connectivity index (χ1v) is 9.18. The van der Waals surface area contributed by atoms with E-state index >= 15 is 0 Å². The van der Waals surface area contributed by atoms with E-state index in [1.807, 2.05) is 44.2 Å². The van der Waals surface area contributed by atoms with E-state index in [4.69, 9.17) is 16.3 Å². The van der Waals surface area contributed by atoms with Crippen molar-refractivity contribution in [3.63, 3.8) is 0 Å². The minimum absolute atomic E-state index is 0.102. The van der Waals surface area contributed by atoms with Crippen LogP contribution >= 0.6 is 38.9 Å². The Morgan fingerprint density at radius 1 is 1.38 bits per heavy atom. The number of aryl methyl sites for hydroxylation is 1. The van der Waals surface area contributed by atoms with Crippen LogP contribution in [0.4, 0.5) is 5.13 Å². The van der Waals surface area contributed by atoms with Gasteiger partial charge in [-0.25, -0.2) is 4.98 Å². The second-order valence-electron chi connectivity index (χ2n) is 5.27. The van der Waals surface area contributed by atoms with Crippen LogP contribution in [-0.2, 0) is 4.79 Å². The lowest BCUT2D eigenvalue weighted by molar-refractivity contribution is -0.118. The number of hydrogen-bond donors (Lipinski definition) is 1. The molecule has 1 amide bonds. The molecule has 0 unspecified atom stereocenters. The molecule has 24 heavy (non-hydrogen) atoms. The smallest absolute Gasteiger partial charge is 0.264 e. The van der Waals surface area contributed by atoms with Crippen LogP contribution in [0.2, 0.25) is 5.02 Å². The second kappa shape index (κ2) is 7.09. The number of nitrogens with zero attached hydrogens (tertiary/aromatic N) is 1. The molecule has 2 aromatic carbocycles. The van der Waals surface area contributed by atoms with E-state index < -0.39 is 0 Å². The Labute approximate surface area is 156 Å². The Kier molecular flexibility index (Phi) is 5.08. The predicted octanol–water partition coefficient (Wildman–Crippen LogP) is 5.35. The minimum Gasteiger partial charge on any atom is -0.483 e. The summed E-state index contributed by atoms with van der Waals surface area (Å²) >= 11 is 11.1. The first-order valence-electron chi connectivity index (χ1n) is 7.19. The number of benzene rings is 2. The Morgan fingerprint density at radius 2 is 2.12 bits per heavy atom. The lowest BCUT2D eigenvalue weighted by atomic mass is 10.1. The van der Waals surface area contributed by atoms with Gasteiger partial charge in [-0.1, -0.05) is 35.1 Å². The van der Waals surface area contributed by atoms with Gasteiger partial charge < -0.3 is 4.74 Å². The van der Waals surface area contributed by atoms with Crippen LogP contribution < -0.4 is 10.1 Å². The highest BCUT2D eigenvalue weighted by Crippen LogP contribution is 2.35. The number of nitrogens with one attached hydrogen (secondary N) is 1. The third kappa shape index (κ3) is 3.55. The molecule has 0 radical (unpaired) electrons. The maximum absolute atomic E-state index is 12.1. The average molecular weight is 426 g/mol. The third-order valence-electron chi connectivity index (χ3n) is 3.47. The minimum atomic E-state index is -0.258. The Morgan fingerprint density at radius 3 is 2.88 bits per heavy atom. The van der Waals surface area contributed by atoms with E-state index in [1.54, 1.807) is 0 Å². The SMILES string of the molecule is Cc1cc(OCC(=O)Nc2nc3ccccc3s2)c(Br)c(C)c1Cl. The summed E-state index contributed by atoms with van der Waals surface area (Å²) in [7, 11) is 0. The highest BCUT2D eigenvalue weighted by molar-refractivity contribution is 9.10. The van der Waals surface area contributed by atoms with Crippen molar-refractivity contribution in [3.05, 3.63) is 51.0 Å². The van der Waals surface area contributed by atoms with Gasteiger partial charge in [0.1, 0.15) is 5.75 Å². The van der Waals surface area contributed by atoms with Crippen molar-refractivity contribution < 1.29 is 9.53 Å². The first-order chi connectivity index (χ1) is 11.5. The third-order valence-corrected chi connectivity index (χ3v) is 5.99. The zero-order chi connectivity index (χ0) is 17.3. The molecule has 0 aliphatic carbocycles. The van der Waals surface area contributed by atoms with Gasteiger partial charge in [-0.2, -0.15) is 0 Å². The zero-order valence-corrected chi connectivity index (χ0v) is 16.2. The van der Waals surface area contributed by atoms with E-state index in [-0.39, 0.29) is 12.5 Å². The van der Waals surface area contributed by atoms with Crippen LogP contribution in [0.3, 0.4) is 0 Å². The first kappa shape index (κ1) is 17.2. The van der Waals surface area contributed by atoms with Crippen LogP contribution in [0, 0.1) is 13.8 Å². The Hall–Kier alpha value is -1.63. The summed E-state index contributed by atoms with van der Waals surface area (Å²) in [5, 5.41) is 4.01. The van der Waals surface area contributed by atoms with Gasteiger partial charge in [0.05, 0.1) is 14.7 Å². The molecular weight excluding hydrogens is 412 g/mol. The average Bonchev–Trinajstić information content (AvgIpc) is 2.97. The van der Waals surface area contributed by atoms with Crippen molar-refractivity contribution in [1.29, 1.82) is 0 Å². The second-order valence-corrected chi connectivity index (χ2v) is 7.47. The fourth-order valence-corrected chi connectivity index (χ4v) is 3.80. The van der Waals surface area contributed by atoms with Gasteiger partial charge in [0.15, 0.2) is 11.7 Å². The lowest BCUT2D eigenvalue weighted by Crippen LogP contribution is -2.20. The lowest BCUT2D eigenvalue weighted by Gasteiger charge is -2.12. The molecule has 0 fully saturated rings. The van der Waals surface area contributed by atoms with Crippen LogP contribution in [0.15, 0.2) is 34.8 Å². The zero-order valence-electron chi connectivity index (χ0n) is 13.0. The number of ether oxygens (including phenoxy) is 1. The van der Waals surface area contributed by atoms with E-state index in [2.05, 4.69) is 26.2 Å². The normalized spacial score (nSPS) is 10.8. The monoisotopic (exact) mass is 424 g/mol. The molecule has 0 saturated heterocycles. The van der Waals surface area contributed by atoms with E-state index in [0.717, 1.165) is 25.8 Å². The number of thiazole rings is 1. The molecule has 3 aromatic rings. The standard InChI is InChI=1S/C17H14BrClN2O2S/c1-9-7-12(15(18)10(2)16(9)19)23-8-14(22)21-17-20-11-5-3-4-6-13(11)24-17/h3-7H,8H2,1-2H3,(H,20,21,22). The molecule has 0 spiro atoms. The predicted molar refractivity (Wildman–Crippen MR) is 102 cm³/mol. The summed E-state index contributed by atoms with van der Waals surface area (Å²) < 4.78 is 7.40. The van der Waals surface area contributed by atoms with Gasteiger partial charge in [-0.15, -0.1) is 0 Å². The van der Waals surface area contributed by atoms with E-state index in [9.17, 15) is 4.79 Å². The molecule has 3 rings (SSSR count). The number of hydrogen-bond acceptors (Lipinski definition) is 4. The molecule has 1 aromatic heterocycles. The van der Waals surface area contributed by atoms with Gasteiger partial charge >= 0.3 is 0 Å². The van der Waals surface area contributed by atoms with Crippen LogP contribution in [0.5, 0.6) is 5.75 Å². The number of rotatable bonds is 4. The molecule has 0 saturated carbocycles. The maximum atomic E-state index is 12.1. The number of fused-ring (bicyclic) bond motifs is 1. The number of carbonyl (C=O) groups is 1. The van der Waals surface area contributed by atoms with Gasteiger partial charge in [0, 0.05) is 5.02 Å². The summed E-state index contributed by atoms with van der Waals surface area (Å²) in [6.45, 7) is 3.69. The molecule has 0 aliphatic rings. The van der Waals surface area contributed by atoms with Crippen molar-refractivity contribution in [2.24, 2.45) is 0 Å². The Balaban J connectivity index is 1.67. The van der Waals surface area contributed by atoms with Crippen molar-refractivity contribution in [1.82, 2.24) is 4.98 Å². The van der Waals surface area contributed by atoms with E-state index in [0.29, 0.717) is 15.9 Å². The topological polar surface area (TPSA) is 51.2 Å². The summed E-state index contributed by atoms with van der Waals surface area (Å²) in [5.41, 5.74) is 2.66. The molecule has 0 bridgehead atoms. The quantitative estimate of drug-likeness (QED) is 0.613. The molecule has 7 heteroatoms. The van der Waals surface area contributed by atoms with Gasteiger partial charge in [0.2, 0.25) is 0 Å². The highest BCUT2D eigenvalue weighted by Gasteiger charge is 2.13. The summed E-state index contributed by atoms with van der Waals surface area (Å²) in [6.07, 6.45) is 0. The van der Waals surface area contributed by atoms with Crippen molar-refractivity contribution in [2.45, 2.75) is 13.8 Å². The van der Waals surface area contributed by atoms with Gasteiger partial charge in [-0.3, -0.25) is 10.1 Å². The Bertz CT molecular complexity index is 893. The molecule has 4 nitrogen and oxygen atoms in total. The van der Waals surface area contributed by atoms with Gasteiger partial charge in [-0.05, 0) is 59.1 Å². The number of carbonyl (C=O) groups excluding carboxylic acids is 1. The number of halogens is 2. The molecule has 1 N–H and O–H groups in total. The number of anilines is 1.